The van der Waals surface area contributed by atoms with E-state index in [-0.39, 0.29) is 0 Å². The van der Waals surface area contributed by atoms with Gasteiger partial charge in [0.25, 0.3) is 0 Å². The molecule has 0 aliphatic heterocycles. The lowest BCUT2D eigenvalue weighted by Crippen LogP contribution is -2.27. The van der Waals surface area contributed by atoms with Crippen molar-refractivity contribution in [3.05, 3.63) is 0 Å². The molecule has 0 bridgehead atoms. The molecule has 0 amide bonds. The summed E-state index contributed by atoms with van der Waals surface area (Å²) in [4.78, 5) is 0. The van der Waals surface area contributed by atoms with Gasteiger partial charge in [0.05, 0.1) is 0 Å². The molecule has 0 fully saturated rings. The molecule has 0 radical (unpaired) electrons. The van der Waals surface area contributed by atoms with Gasteiger partial charge in [-0.25, -0.2) is 0 Å². The van der Waals surface area contributed by atoms with Crippen molar-refractivity contribution in [1.82, 2.24) is 0 Å². The molecule has 0 aliphatic rings. The Hall–Kier alpha value is 0. The molecule has 0 heterocycles. The second-order valence-corrected chi connectivity index (χ2v) is 15.2. The molecule has 0 aromatic heterocycles. The number of unbranched alkanes of at least 4 members (excludes halogenated alkanes) is 14. The first-order chi connectivity index (χ1) is 19.2. The van der Waals surface area contributed by atoms with Crippen LogP contribution < -0.4 is 0 Å². The fourth-order valence-corrected chi connectivity index (χ4v) is 7.38. The largest absolute Gasteiger partial charge is 0.0654 e. The second kappa shape index (κ2) is 26.6. The zero-order chi connectivity index (χ0) is 30.1. The van der Waals surface area contributed by atoms with E-state index in [1.165, 1.54) is 161 Å². The highest BCUT2D eigenvalue weighted by Gasteiger charge is 2.30. The van der Waals surface area contributed by atoms with Crippen LogP contribution in [-0.4, -0.2) is 0 Å². The van der Waals surface area contributed by atoms with E-state index in [2.05, 4.69) is 62.3 Å². The van der Waals surface area contributed by atoms with E-state index in [0.717, 1.165) is 29.6 Å². The van der Waals surface area contributed by atoms with E-state index in [0.29, 0.717) is 5.41 Å². The lowest BCUT2D eigenvalue weighted by Gasteiger charge is -2.37. The van der Waals surface area contributed by atoms with Crippen LogP contribution in [0.25, 0.3) is 0 Å². The van der Waals surface area contributed by atoms with E-state index < -0.39 is 0 Å². The summed E-state index contributed by atoms with van der Waals surface area (Å²) in [5, 5.41) is 0. The minimum atomic E-state index is 0.484. The highest BCUT2D eigenvalue weighted by atomic mass is 14.4. The minimum Gasteiger partial charge on any atom is -0.0654 e. The number of hydrogen-bond donors (Lipinski definition) is 0. The highest BCUT2D eigenvalue weighted by molar-refractivity contribution is 4.81. The first kappa shape index (κ1) is 40.0. The molecule has 0 aliphatic carbocycles. The molecule has 0 saturated heterocycles. The molecular formula is C40H82. The highest BCUT2D eigenvalue weighted by Crippen LogP contribution is 2.41. The zero-order valence-corrected chi connectivity index (χ0v) is 30.1. The van der Waals surface area contributed by atoms with Gasteiger partial charge in [-0.2, -0.15) is 0 Å². The molecule has 0 spiro atoms. The Morgan fingerprint density at radius 2 is 0.850 bits per heavy atom. The summed E-state index contributed by atoms with van der Waals surface area (Å²) in [6.45, 7) is 22.2. The standard InChI is InChI=1S/C40H82/c1-10-15-18-21-23-25-27-29-37(13-4)32-39(36(7)35(6)34-40(8,9)14-5)33-38(30-26-20-17-12-3)31-28-24-22-19-16-11-2/h35-39H,10-34H2,1-9H3. The van der Waals surface area contributed by atoms with Crippen LogP contribution in [0.5, 0.6) is 0 Å². The second-order valence-electron chi connectivity index (χ2n) is 15.2. The molecule has 0 N–H and O–H groups in total. The molecule has 0 saturated carbocycles. The maximum absolute atomic E-state index is 2.67. The third-order valence-electron chi connectivity index (χ3n) is 11.0. The summed E-state index contributed by atoms with van der Waals surface area (Å²) >= 11 is 0. The molecule has 5 atom stereocenters. The first-order valence-electron chi connectivity index (χ1n) is 19.2. The third-order valence-corrected chi connectivity index (χ3v) is 11.0. The van der Waals surface area contributed by atoms with Crippen LogP contribution >= 0.6 is 0 Å². The summed E-state index contributed by atoms with van der Waals surface area (Å²) in [7, 11) is 0. The molecule has 0 nitrogen and oxygen atoms in total. The van der Waals surface area contributed by atoms with Gasteiger partial charge >= 0.3 is 0 Å². The van der Waals surface area contributed by atoms with Crippen molar-refractivity contribution < 1.29 is 0 Å². The summed E-state index contributed by atoms with van der Waals surface area (Å²) in [6, 6.07) is 0. The molecule has 40 heavy (non-hydrogen) atoms. The fraction of sp³-hybridized carbons (Fsp3) is 1.00. The summed E-state index contributed by atoms with van der Waals surface area (Å²) < 4.78 is 0. The van der Waals surface area contributed by atoms with Crippen molar-refractivity contribution in [3.8, 4) is 0 Å². The van der Waals surface area contributed by atoms with Crippen LogP contribution in [0.2, 0.25) is 0 Å². The van der Waals surface area contributed by atoms with Gasteiger partial charge in [0.2, 0.25) is 0 Å². The van der Waals surface area contributed by atoms with E-state index in [4.69, 9.17) is 0 Å². The van der Waals surface area contributed by atoms with E-state index in [1.54, 1.807) is 0 Å². The molecular weight excluding hydrogens is 480 g/mol. The summed E-state index contributed by atoms with van der Waals surface area (Å²) in [5.74, 6) is 4.54. The third kappa shape index (κ3) is 21.7. The average Bonchev–Trinajstić information content (AvgIpc) is 2.94. The van der Waals surface area contributed by atoms with E-state index in [1.807, 2.05) is 0 Å². The maximum atomic E-state index is 2.67. The van der Waals surface area contributed by atoms with Crippen molar-refractivity contribution in [2.75, 3.05) is 0 Å². The van der Waals surface area contributed by atoms with Crippen LogP contribution in [0.1, 0.15) is 223 Å². The lowest BCUT2D eigenvalue weighted by atomic mass is 9.68. The normalized spacial score (nSPS) is 16.1. The minimum absolute atomic E-state index is 0.484. The van der Waals surface area contributed by atoms with Gasteiger partial charge in [0, 0.05) is 0 Å². The molecule has 242 valence electrons. The lowest BCUT2D eigenvalue weighted by molar-refractivity contribution is 0.133. The monoisotopic (exact) mass is 563 g/mol. The average molecular weight is 563 g/mol. The smallest absolute Gasteiger partial charge is 0.0354 e. The molecule has 5 unspecified atom stereocenters. The van der Waals surface area contributed by atoms with Gasteiger partial charge in [-0.1, -0.05) is 204 Å². The molecule has 0 rings (SSSR count). The predicted octanol–water partition coefficient (Wildman–Crippen LogP) is 15.0. The van der Waals surface area contributed by atoms with Gasteiger partial charge in [0.15, 0.2) is 0 Å². The Morgan fingerprint density at radius 1 is 0.475 bits per heavy atom. The Morgan fingerprint density at radius 3 is 1.27 bits per heavy atom. The number of rotatable bonds is 30. The molecule has 0 aromatic rings. The van der Waals surface area contributed by atoms with Crippen molar-refractivity contribution in [3.63, 3.8) is 0 Å². The predicted molar refractivity (Wildman–Crippen MR) is 186 cm³/mol. The van der Waals surface area contributed by atoms with Crippen LogP contribution in [0, 0.1) is 35.0 Å². The van der Waals surface area contributed by atoms with Crippen molar-refractivity contribution in [2.45, 2.75) is 223 Å². The van der Waals surface area contributed by atoms with Crippen LogP contribution in [0.15, 0.2) is 0 Å². The van der Waals surface area contributed by atoms with Gasteiger partial charge in [0.1, 0.15) is 0 Å². The number of hydrogen-bond acceptors (Lipinski definition) is 0. The summed E-state index contributed by atoms with van der Waals surface area (Å²) in [5.41, 5.74) is 0.484. The van der Waals surface area contributed by atoms with Gasteiger partial charge in [-0.3, -0.25) is 0 Å². The Kier molecular flexibility index (Phi) is 26.6. The van der Waals surface area contributed by atoms with Crippen LogP contribution in [-0.2, 0) is 0 Å². The van der Waals surface area contributed by atoms with Crippen molar-refractivity contribution in [2.24, 2.45) is 35.0 Å². The van der Waals surface area contributed by atoms with E-state index >= 15 is 0 Å². The SMILES string of the molecule is CCCCCCCCCC(CC)CC(CC(CCCCCC)CCCCCCCC)C(C)C(C)CC(C)(C)CC. The molecule has 0 aromatic carbocycles. The Balaban J connectivity index is 5.34. The summed E-state index contributed by atoms with van der Waals surface area (Å²) in [6.07, 6.45) is 36.2. The maximum Gasteiger partial charge on any atom is -0.0354 e. The quantitative estimate of drug-likeness (QED) is 0.0763. The molecule has 0 heteroatoms. The topological polar surface area (TPSA) is 0 Å². The van der Waals surface area contributed by atoms with Gasteiger partial charge in [-0.05, 0) is 54.3 Å². The zero-order valence-electron chi connectivity index (χ0n) is 30.1. The van der Waals surface area contributed by atoms with Crippen LogP contribution in [0.3, 0.4) is 0 Å². The van der Waals surface area contributed by atoms with Crippen molar-refractivity contribution >= 4 is 0 Å². The van der Waals surface area contributed by atoms with Gasteiger partial charge in [-0.15, -0.1) is 0 Å². The Labute approximate surface area is 257 Å². The van der Waals surface area contributed by atoms with Gasteiger partial charge < -0.3 is 0 Å². The van der Waals surface area contributed by atoms with E-state index in [9.17, 15) is 0 Å². The fourth-order valence-electron chi connectivity index (χ4n) is 7.38. The van der Waals surface area contributed by atoms with Crippen LogP contribution in [0.4, 0.5) is 0 Å². The van der Waals surface area contributed by atoms with Crippen molar-refractivity contribution in [1.29, 1.82) is 0 Å². The first-order valence-corrected chi connectivity index (χ1v) is 19.2. The Bertz CT molecular complexity index is 504.